The number of likely N-dealkylation sites (N-methyl/N-ethyl adjacent to an activating group) is 2. The van der Waals surface area contributed by atoms with Crippen molar-refractivity contribution >= 4 is 28.1 Å². The van der Waals surface area contributed by atoms with Crippen molar-refractivity contribution in [1.82, 2.24) is 0 Å². The molecule has 0 bridgehead atoms. The summed E-state index contributed by atoms with van der Waals surface area (Å²) in [5, 5.41) is 0. The number of rotatable bonds is 21. The molecular formula is C28H62N2O4Si2+2. The first-order valence-electron chi connectivity index (χ1n) is 14.6. The Bertz CT molecular complexity index is 579. The molecule has 0 aromatic heterocycles. The molecule has 0 amide bonds. The maximum atomic E-state index is 12.1. The molecule has 6 nitrogen and oxygen atoms in total. The topological polar surface area (TPSA) is 52.6 Å². The van der Waals surface area contributed by atoms with Crippen molar-refractivity contribution < 1.29 is 28.0 Å². The van der Waals surface area contributed by atoms with E-state index in [2.05, 4.69) is 69.0 Å². The third-order valence-electron chi connectivity index (χ3n) is 8.95. The molecule has 8 heteroatoms. The predicted octanol–water partition coefficient (Wildman–Crippen LogP) is 6.02. The van der Waals surface area contributed by atoms with Gasteiger partial charge in [-0.15, -0.1) is 0 Å². The fraction of sp³-hybridized carbons (Fsp3) is 0.929. The molecule has 0 aromatic rings. The SMILES string of the molecule is CC[Si](C)(CC)CCC[N+](C)(C)CCOC(=O)CCC(=O)OCC[N+](C)(C)CCC[Si](C)(CC)CC. The minimum atomic E-state index is -1.04. The number of esters is 2. The first kappa shape index (κ1) is 35.3. The zero-order valence-electron chi connectivity index (χ0n) is 25.8. The van der Waals surface area contributed by atoms with Crippen LogP contribution >= 0.6 is 0 Å². The van der Waals surface area contributed by atoms with Crippen LogP contribution in [0.3, 0.4) is 0 Å². The molecule has 214 valence electrons. The van der Waals surface area contributed by atoms with Gasteiger partial charge >= 0.3 is 11.9 Å². The van der Waals surface area contributed by atoms with Crippen molar-refractivity contribution in [3.05, 3.63) is 0 Å². The summed E-state index contributed by atoms with van der Waals surface area (Å²) in [5.41, 5.74) is 0. The van der Waals surface area contributed by atoms with E-state index in [1.165, 1.54) is 49.1 Å². The lowest BCUT2D eigenvalue weighted by molar-refractivity contribution is -0.890. The van der Waals surface area contributed by atoms with Crippen LogP contribution in [0.2, 0.25) is 49.4 Å². The molecule has 0 radical (unpaired) electrons. The lowest BCUT2D eigenvalue weighted by Crippen LogP contribution is -2.44. The van der Waals surface area contributed by atoms with Gasteiger partial charge in [-0.1, -0.05) is 77.1 Å². The Morgan fingerprint density at radius 2 is 0.889 bits per heavy atom. The molecule has 0 unspecified atom stereocenters. The smallest absolute Gasteiger partial charge is 0.306 e. The van der Waals surface area contributed by atoms with Crippen molar-refractivity contribution in [2.24, 2.45) is 0 Å². The number of carbonyl (C=O) groups is 2. The zero-order chi connectivity index (χ0) is 27.9. The van der Waals surface area contributed by atoms with E-state index in [1.54, 1.807) is 0 Å². The van der Waals surface area contributed by atoms with Crippen LogP contribution in [0.1, 0.15) is 53.4 Å². The van der Waals surface area contributed by atoms with Crippen molar-refractivity contribution in [1.29, 1.82) is 0 Å². The van der Waals surface area contributed by atoms with E-state index in [-0.39, 0.29) is 24.8 Å². The van der Waals surface area contributed by atoms with Crippen LogP contribution in [0.25, 0.3) is 0 Å². The van der Waals surface area contributed by atoms with Crippen LogP contribution in [0, 0.1) is 0 Å². The summed E-state index contributed by atoms with van der Waals surface area (Å²) in [7, 11) is 6.73. The molecule has 0 spiro atoms. The van der Waals surface area contributed by atoms with Crippen LogP contribution in [0.4, 0.5) is 0 Å². The van der Waals surface area contributed by atoms with Gasteiger partial charge in [0.05, 0.1) is 70.3 Å². The number of carbonyl (C=O) groups excluding carboxylic acids is 2. The molecule has 0 aliphatic rings. The standard InChI is InChI=1S/C28H62N2O4Si2/c1-11-35(9,12-2)25-15-19-29(5,6)21-23-33-27(31)17-18-28(32)34-24-22-30(7,8)20-16-26-36(10,13-3)14-4/h11-26H2,1-10H3/q+2. The molecule has 0 aliphatic heterocycles. The number of quaternary nitrogens is 2. The number of hydrogen-bond acceptors (Lipinski definition) is 4. The molecule has 0 aromatic carbocycles. The summed E-state index contributed by atoms with van der Waals surface area (Å²) in [6.07, 6.45) is 2.67. The number of nitrogens with zero attached hydrogens (tertiary/aromatic N) is 2. The van der Waals surface area contributed by atoms with Crippen molar-refractivity contribution in [3.8, 4) is 0 Å². The van der Waals surface area contributed by atoms with Gasteiger partial charge in [-0.2, -0.15) is 0 Å². The summed E-state index contributed by atoms with van der Waals surface area (Å²) in [5.74, 6) is -0.613. The summed E-state index contributed by atoms with van der Waals surface area (Å²) in [6, 6.07) is 8.16. The van der Waals surface area contributed by atoms with Gasteiger partial charge in [0.15, 0.2) is 0 Å². The molecule has 0 rings (SSSR count). The summed E-state index contributed by atoms with van der Waals surface area (Å²) < 4.78 is 12.5. The Kier molecular flexibility index (Phi) is 16.7. The van der Waals surface area contributed by atoms with Crippen LogP contribution in [0.5, 0.6) is 0 Å². The average Bonchev–Trinajstić information content (AvgIpc) is 2.81. The van der Waals surface area contributed by atoms with Crippen molar-refractivity contribution in [3.63, 3.8) is 0 Å². The minimum absolute atomic E-state index is 0.0959. The first-order valence-corrected chi connectivity index (χ1v) is 20.8. The van der Waals surface area contributed by atoms with Crippen LogP contribution in [-0.4, -0.2) is 105 Å². The lowest BCUT2D eigenvalue weighted by Gasteiger charge is -2.32. The van der Waals surface area contributed by atoms with Gasteiger partial charge in [-0.3, -0.25) is 9.59 Å². The van der Waals surface area contributed by atoms with Gasteiger partial charge in [-0.25, -0.2) is 0 Å². The highest BCUT2D eigenvalue weighted by Crippen LogP contribution is 2.23. The first-order chi connectivity index (χ1) is 16.7. The molecule has 0 atom stereocenters. The predicted molar refractivity (Wildman–Crippen MR) is 159 cm³/mol. The monoisotopic (exact) mass is 546 g/mol. The van der Waals surface area contributed by atoms with E-state index < -0.39 is 16.1 Å². The van der Waals surface area contributed by atoms with E-state index in [4.69, 9.17) is 9.47 Å². The van der Waals surface area contributed by atoms with Crippen molar-refractivity contribution in [2.75, 3.05) is 67.6 Å². The largest absolute Gasteiger partial charge is 0.460 e. The van der Waals surface area contributed by atoms with Gasteiger partial charge in [0, 0.05) is 0 Å². The summed E-state index contributed by atoms with van der Waals surface area (Å²) in [6.45, 7) is 19.0. The Hall–Kier alpha value is -0.706. The summed E-state index contributed by atoms with van der Waals surface area (Å²) >= 11 is 0. The van der Waals surface area contributed by atoms with E-state index in [1.807, 2.05) is 0 Å². The molecular weight excluding hydrogens is 484 g/mol. The highest BCUT2D eigenvalue weighted by atomic mass is 28.3. The third-order valence-corrected chi connectivity index (χ3v) is 18.9. The van der Waals surface area contributed by atoms with E-state index in [0.29, 0.717) is 13.2 Å². The van der Waals surface area contributed by atoms with Crippen LogP contribution in [0.15, 0.2) is 0 Å². The zero-order valence-corrected chi connectivity index (χ0v) is 27.8. The molecule has 0 N–H and O–H groups in total. The van der Waals surface area contributed by atoms with Gasteiger partial charge in [0.25, 0.3) is 0 Å². The Morgan fingerprint density at radius 1 is 0.583 bits per heavy atom. The Balaban J connectivity index is 4.08. The normalized spacial score (nSPS) is 13.1. The van der Waals surface area contributed by atoms with E-state index >= 15 is 0 Å². The maximum Gasteiger partial charge on any atom is 0.306 e. The number of ether oxygens (including phenoxy) is 2. The van der Waals surface area contributed by atoms with Gasteiger partial charge in [-0.05, 0) is 12.8 Å². The second-order valence-corrected chi connectivity index (χ2v) is 24.0. The molecule has 0 saturated heterocycles. The molecule has 0 aliphatic carbocycles. The fourth-order valence-corrected chi connectivity index (χ4v) is 8.90. The second kappa shape index (κ2) is 17.0. The fourth-order valence-electron chi connectivity index (χ4n) is 4.46. The minimum Gasteiger partial charge on any atom is -0.460 e. The molecule has 0 fully saturated rings. The van der Waals surface area contributed by atoms with Crippen molar-refractivity contribution in [2.45, 2.75) is 103 Å². The van der Waals surface area contributed by atoms with Gasteiger partial charge < -0.3 is 18.4 Å². The molecule has 0 saturated carbocycles. The van der Waals surface area contributed by atoms with Gasteiger partial charge in [0.1, 0.15) is 26.3 Å². The molecule has 0 heterocycles. The Labute approximate surface area is 226 Å². The molecule has 36 heavy (non-hydrogen) atoms. The lowest BCUT2D eigenvalue weighted by atomic mass is 10.3. The van der Waals surface area contributed by atoms with E-state index in [9.17, 15) is 9.59 Å². The number of hydrogen-bond donors (Lipinski definition) is 0. The highest BCUT2D eigenvalue weighted by molar-refractivity contribution is 6.78. The average molecular weight is 547 g/mol. The van der Waals surface area contributed by atoms with E-state index in [0.717, 1.165) is 35.1 Å². The quantitative estimate of drug-likeness (QED) is 0.100. The third kappa shape index (κ3) is 16.2. The van der Waals surface area contributed by atoms with Crippen LogP contribution < -0.4 is 0 Å². The highest BCUT2D eigenvalue weighted by Gasteiger charge is 2.25. The van der Waals surface area contributed by atoms with Crippen LogP contribution in [-0.2, 0) is 19.1 Å². The Morgan fingerprint density at radius 3 is 1.17 bits per heavy atom. The summed E-state index contributed by atoms with van der Waals surface area (Å²) in [4.78, 5) is 24.2. The van der Waals surface area contributed by atoms with Gasteiger partial charge in [0.2, 0.25) is 0 Å². The second-order valence-electron chi connectivity index (χ2n) is 12.9. The maximum absolute atomic E-state index is 12.1.